The van der Waals surface area contributed by atoms with E-state index < -0.39 is 0 Å². The molecule has 0 N–H and O–H groups in total. The zero-order valence-electron chi connectivity index (χ0n) is 19.2. The Morgan fingerprint density at radius 1 is 1.22 bits per heavy atom. The number of ether oxygens (including phenoxy) is 1. The van der Waals surface area contributed by atoms with Gasteiger partial charge >= 0.3 is 0 Å². The van der Waals surface area contributed by atoms with Crippen molar-refractivity contribution < 1.29 is 14.3 Å². The smallest absolute Gasteiger partial charge is 0.257 e. The average Bonchev–Trinajstić information content (AvgIpc) is 3.04. The monoisotopic (exact) mass is 436 g/mol. The minimum atomic E-state index is -0.0308. The standard InChI is InChI=1S/C25H32N4O3/c1-18-23(16-26-27(18)2)25(31)28-13-10-20(11-14-28)22-9-4-5-12-29(24(22)30)17-19-7-6-8-21(15-19)32-3/h4-8,15-16,20,22H,9-14,17H2,1-3H3/t22-/m0/s1. The summed E-state index contributed by atoms with van der Waals surface area (Å²) in [5.74, 6) is 1.32. The van der Waals surface area contributed by atoms with Crippen molar-refractivity contribution in [1.29, 1.82) is 0 Å². The molecular weight excluding hydrogens is 404 g/mol. The summed E-state index contributed by atoms with van der Waals surface area (Å²) in [4.78, 5) is 30.2. The Labute approximate surface area is 189 Å². The van der Waals surface area contributed by atoms with Gasteiger partial charge < -0.3 is 14.5 Å². The number of carbonyl (C=O) groups excluding carboxylic acids is 2. The van der Waals surface area contributed by atoms with E-state index in [1.165, 1.54) is 0 Å². The number of carbonyl (C=O) groups is 2. The zero-order chi connectivity index (χ0) is 22.7. The van der Waals surface area contributed by atoms with E-state index in [0.717, 1.165) is 36.3 Å². The van der Waals surface area contributed by atoms with Crippen molar-refractivity contribution in [3.8, 4) is 5.75 Å². The van der Waals surface area contributed by atoms with Crippen LogP contribution in [0.2, 0.25) is 0 Å². The van der Waals surface area contributed by atoms with Gasteiger partial charge in [0.1, 0.15) is 5.75 Å². The van der Waals surface area contributed by atoms with Crippen LogP contribution in [0.3, 0.4) is 0 Å². The van der Waals surface area contributed by atoms with Crippen molar-refractivity contribution >= 4 is 11.8 Å². The first-order valence-corrected chi connectivity index (χ1v) is 11.3. The molecule has 170 valence electrons. The SMILES string of the molecule is COc1cccc(CN2CC=CC[C@@H](C3CCN(C(=O)c4cnn(C)c4C)CC3)C2=O)c1. The van der Waals surface area contributed by atoms with Crippen LogP contribution in [0.4, 0.5) is 0 Å². The highest BCUT2D eigenvalue weighted by atomic mass is 16.5. The van der Waals surface area contributed by atoms with E-state index in [4.69, 9.17) is 4.74 Å². The van der Waals surface area contributed by atoms with E-state index in [0.29, 0.717) is 31.7 Å². The lowest BCUT2D eigenvalue weighted by atomic mass is 9.81. The number of aromatic nitrogens is 2. The molecule has 0 bridgehead atoms. The van der Waals surface area contributed by atoms with E-state index in [9.17, 15) is 9.59 Å². The molecule has 2 aliphatic heterocycles. The normalized spacial score (nSPS) is 19.8. The summed E-state index contributed by atoms with van der Waals surface area (Å²) in [6, 6.07) is 7.89. The van der Waals surface area contributed by atoms with Crippen molar-refractivity contribution in [3.05, 3.63) is 59.4 Å². The second-order valence-electron chi connectivity index (χ2n) is 8.78. The average molecular weight is 437 g/mol. The van der Waals surface area contributed by atoms with Gasteiger partial charge in [-0.1, -0.05) is 24.3 Å². The third-order valence-corrected chi connectivity index (χ3v) is 6.88. The fraction of sp³-hybridized carbons (Fsp3) is 0.480. The van der Waals surface area contributed by atoms with Gasteiger partial charge in [-0.15, -0.1) is 0 Å². The molecule has 1 atom stereocenters. The first kappa shape index (κ1) is 22.1. The molecule has 0 radical (unpaired) electrons. The Kier molecular flexibility index (Phi) is 6.63. The second-order valence-corrected chi connectivity index (χ2v) is 8.78. The summed E-state index contributed by atoms with van der Waals surface area (Å²) in [5.41, 5.74) is 2.62. The van der Waals surface area contributed by atoms with Crippen LogP contribution in [-0.4, -0.2) is 58.1 Å². The minimum absolute atomic E-state index is 0.0308. The van der Waals surface area contributed by atoms with Crippen LogP contribution in [0.5, 0.6) is 5.75 Å². The lowest BCUT2D eigenvalue weighted by Crippen LogP contribution is -2.44. The van der Waals surface area contributed by atoms with E-state index in [-0.39, 0.29) is 23.7 Å². The lowest BCUT2D eigenvalue weighted by Gasteiger charge is -2.36. The Balaban J connectivity index is 1.40. The Hall–Kier alpha value is -3.09. The van der Waals surface area contributed by atoms with E-state index in [2.05, 4.69) is 17.3 Å². The van der Waals surface area contributed by atoms with Crippen LogP contribution in [-0.2, 0) is 18.4 Å². The van der Waals surface area contributed by atoms with Crippen molar-refractivity contribution in [2.24, 2.45) is 18.9 Å². The van der Waals surface area contributed by atoms with E-state index in [1.54, 1.807) is 18.0 Å². The number of piperidine rings is 1. The molecule has 4 rings (SSSR count). The molecule has 0 unspecified atom stereocenters. The zero-order valence-corrected chi connectivity index (χ0v) is 19.2. The lowest BCUT2D eigenvalue weighted by molar-refractivity contribution is -0.137. The fourth-order valence-corrected chi connectivity index (χ4v) is 4.78. The molecule has 7 heteroatoms. The van der Waals surface area contributed by atoms with Crippen LogP contribution >= 0.6 is 0 Å². The van der Waals surface area contributed by atoms with Gasteiger partial charge in [0.25, 0.3) is 5.91 Å². The summed E-state index contributed by atoms with van der Waals surface area (Å²) in [6.07, 6.45) is 8.37. The fourth-order valence-electron chi connectivity index (χ4n) is 4.78. The Morgan fingerprint density at radius 3 is 2.69 bits per heavy atom. The first-order chi connectivity index (χ1) is 15.5. The highest BCUT2D eigenvalue weighted by Gasteiger charge is 2.35. The molecule has 0 aliphatic carbocycles. The Bertz CT molecular complexity index is 1000. The number of allylic oxidation sites excluding steroid dienone is 1. The van der Waals surface area contributed by atoms with Crippen molar-refractivity contribution in [1.82, 2.24) is 19.6 Å². The number of likely N-dealkylation sites (tertiary alicyclic amines) is 1. The van der Waals surface area contributed by atoms with Crippen LogP contribution in [0.15, 0.2) is 42.6 Å². The molecule has 0 saturated carbocycles. The van der Waals surface area contributed by atoms with Crippen molar-refractivity contribution in [2.75, 3.05) is 26.7 Å². The number of rotatable bonds is 5. The van der Waals surface area contributed by atoms with Gasteiger partial charge in [0.05, 0.1) is 18.9 Å². The molecule has 2 aliphatic rings. The van der Waals surface area contributed by atoms with Crippen LogP contribution < -0.4 is 4.74 Å². The highest BCUT2D eigenvalue weighted by Crippen LogP contribution is 2.32. The predicted molar refractivity (Wildman–Crippen MR) is 122 cm³/mol. The molecular formula is C25H32N4O3. The van der Waals surface area contributed by atoms with Gasteiger partial charge in [0.2, 0.25) is 5.91 Å². The molecule has 0 spiro atoms. The van der Waals surface area contributed by atoms with Gasteiger partial charge in [-0.25, -0.2) is 0 Å². The molecule has 1 saturated heterocycles. The molecule has 32 heavy (non-hydrogen) atoms. The van der Waals surface area contributed by atoms with Crippen LogP contribution in [0.25, 0.3) is 0 Å². The maximum absolute atomic E-state index is 13.5. The van der Waals surface area contributed by atoms with Gasteiger partial charge in [0, 0.05) is 44.8 Å². The molecule has 7 nitrogen and oxygen atoms in total. The predicted octanol–water partition coefficient (Wildman–Crippen LogP) is 3.19. The number of methoxy groups -OCH3 is 1. The summed E-state index contributed by atoms with van der Waals surface area (Å²) < 4.78 is 7.06. The number of benzene rings is 1. The topological polar surface area (TPSA) is 67.7 Å². The molecule has 1 aromatic heterocycles. The number of nitrogens with zero attached hydrogens (tertiary/aromatic N) is 4. The first-order valence-electron chi connectivity index (χ1n) is 11.3. The molecule has 2 aromatic rings. The summed E-state index contributed by atoms with van der Waals surface area (Å²) >= 11 is 0. The molecule has 1 aromatic carbocycles. The number of hydrogen-bond donors (Lipinski definition) is 0. The summed E-state index contributed by atoms with van der Waals surface area (Å²) in [6.45, 7) is 4.49. The minimum Gasteiger partial charge on any atom is -0.497 e. The molecule has 3 heterocycles. The third-order valence-electron chi connectivity index (χ3n) is 6.88. The van der Waals surface area contributed by atoms with Crippen molar-refractivity contribution in [2.45, 2.75) is 32.7 Å². The molecule has 1 fully saturated rings. The van der Waals surface area contributed by atoms with E-state index in [1.807, 2.05) is 48.0 Å². The third kappa shape index (κ3) is 4.56. The largest absolute Gasteiger partial charge is 0.497 e. The van der Waals surface area contributed by atoms with Gasteiger partial charge in [0.15, 0.2) is 0 Å². The number of hydrogen-bond acceptors (Lipinski definition) is 4. The quantitative estimate of drug-likeness (QED) is 0.675. The Morgan fingerprint density at radius 2 is 2.00 bits per heavy atom. The van der Waals surface area contributed by atoms with Crippen LogP contribution in [0.1, 0.15) is 40.9 Å². The number of aryl methyl sites for hydroxylation is 1. The molecule has 2 amide bonds. The maximum Gasteiger partial charge on any atom is 0.257 e. The van der Waals surface area contributed by atoms with Gasteiger partial charge in [-0.05, 0) is 49.8 Å². The van der Waals surface area contributed by atoms with Gasteiger partial charge in [-0.2, -0.15) is 5.10 Å². The maximum atomic E-state index is 13.5. The van der Waals surface area contributed by atoms with Crippen LogP contribution in [0, 0.1) is 18.8 Å². The summed E-state index contributed by atoms with van der Waals surface area (Å²) in [7, 11) is 3.50. The summed E-state index contributed by atoms with van der Waals surface area (Å²) in [5, 5.41) is 4.20. The van der Waals surface area contributed by atoms with Gasteiger partial charge in [-0.3, -0.25) is 14.3 Å². The highest BCUT2D eigenvalue weighted by molar-refractivity contribution is 5.95. The second kappa shape index (κ2) is 9.59. The van der Waals surface area contributed by atoms with E-state index >= 15 is 0 Å². The number of amides is 2. The van der Waals surface area contributed by atoms with Crippen molar-refractivity contribution in [3.63, 3.8) is 0 Å².